The number of rotatable bonds is 6. The van der Waals surface area contributed by atoms with Crippen LogP contribution >= 0.6 is 35.3 Å². The summed E-state index contributed by atoms with van der Waals surface area (Å²) in [6.07, 6.45) is 5.01. The molecule has 3 aromatic rings. The SMILES string of the molecule is CCNC(=NCc1sccc1C)NCCc1cn2cccc(C)c2n1.I. The van der Waals surface area contributed by atoms with Gasteiger partial charge in [0.1, 0.15) is 5.65 Å². The van der Waals surface area contributed by atoms with E-state index in [1.54, 1.807) is 11.3 Å². The second kappa shape index (κ2) is 9.91. The number of hydrogen-bond acceptors (Lipinski definition) is 3. The van der Waals surface area contributed by atoms with E-state index in [4.69, 9.17) is 4.98 Å². The molecule has 0 saturated carbocycles. The summed E-state index contributed by atoms with van der Waals surface area (Å²) in [5.74, 6) is 0.857. The van der Waals surface area contributed by atoms with Crippen LogP contribution in [0.25, 0.3) is 5.65 Å². The predicted molar refractivity (Wildman–Crippen MR) is 121 cm³/mol. The second-order valence-electron chi connectivity index (χ2n) is 6.05. The fourth-order valence-corrected chi connectivity index (χ4v) is 3.52. The number of guanidine groups is 1. The summed E-state index contributed by atoms with van der Waals surface area (Å²) in [6.45, 7) is 8.67. The summed E-state index contributed by atoms with van der Waals surface area (Å²) in [5, 5.41) is 8.83. The zero-order valence-corrected chi connectivity index (χ0v) is 18.6. The molecule has 3 aromatic heterocycles. The molecule has 26 heavy (non-hydrogen) atoms. The minimum atomic E-state index is 0. The first kappa shape index (κ1) is 20.7. The summed E-state index contributed by atoms with van der Waals surface area (Å²) in [5.41, 5.74) is 4.63. The van der Waals surface area contributed by atoms with Crippen LogP contribution in [0.1, 0.15) is 28.6 Å². The van der Waals surface area contributed by atoms with Crippen LogP contribution in [0.15, 0.2) is 41.0 Å². The number of thiophene rings is 1. The quantitative estimate of drug-likeness (QED) is 0.318. The first-order valence-corrected chi connectivity index (χ1v) is 9.53. The van der Waals surface area contributed by atoms with E-state index in [9.17, 15) is 0 Å². The number of aryl methyl sites for hydroxylation is 2. The molecule has 0 aliphatic heterocycles. The van der Waals surface area contributed by atoms with Gasteiger partial charge >= 0.3 is 0 Å². The van der Waals surface area contributed by atoms with Crippen LogP contribution in [-0.4, -0.2) is 28.4 Å². The highest BCUT2D eigenvalue weighted by atomic mass is 127. The number of imidazole rings is 1. The minimum absolute atomic E-state index is 0. The number of nitrogens with one attached hydrogen (secondary N) is 2. The molecule has 0 aliphatic carbocycles. The average molecular weight is 483 g/mol. The average Bonchev–Trinajstić information content (AvgIpc) is 3.19. The van der Waals surface area contributed by atoms with Crippen molar-refractivity contribution in [2.45, 2.75) is 33.7 Å². The van der Waals surface area contributed by atoms with Crippen molar-refractivity contribution >= 4 is 46.9 Å². The van der Waals surface area contributed by atoms with Crippen LogP contribution in [0.3, 0.4) is 0 Å². The molecule has 7 heteroatoms. The lowest BCUT2D eigenvalue weighted by Crippen LogP contribution is -2.38. The molecular formula is C19H26IN5S. The van der Waals surface area contributed by atoms with Crippen molar-refractivity contribution in [3.05, 3.63) is 57.7 Å². The third-order valence-electron chi connectivity index (χ3n) is 4.09. The molecule has 0 radical (unpaired) electrons. The van der Waals surface area contributed by atoms with Gasteiger partial charge in [0.2, 0.25) is 0 Å². The summed E-state index contributed by atoms with van der Waals surface area (Å²) in [7, 11) is 0. The van der Waals surface area contributed by atoms with Gasteiger partial charge in [0.05, 0.1) is 12.2 Å². The van der Waals surface area contributed by atoms with E-state index in [1.807, 2.05) is 6.20 Å². The fourth-order valence-electron chi connectivity index (χ4n) is 2.69. The van der Waals surface area contributed by atoms with Crippen LogP contribution in [0.2, 0.25) is 0 Å². The normalized spacial score (nSPS) is 11.4. The molecule has 2 N–H and O–H groups in total. The van der Waals surface area contributed by atoms with Crippen molar-refractivity contribution in [3.63, 3.8) is 0 Å². The van der Waals surface area contributed by atoms with Crippen LogP contribution in [0, 0.1) is 13.8 Å². The Bertz CT molecular complexity index is 868. The lowest BCUT2D eigenvalue weighted by molar-refractivity contribution is 0.792. The first-order chi connectivity index (χ1) is 12.2. The number of nitrogens with zero attached hydrogens (tertiary/aromatic N) is 3. The number of fused-ring (bicyclic) bond motifs is 1. The molecule has 0 atom stereocenters. The molecule has 140 valence electrons. The molecular weight excluding hydrogens is 457 g/mol. The highest BCUT2D eigenvalue weighted by molar-refractivity contribution is 14.0. The molecule has 0 saturated heterocycles. The smallest absolute Gasteiger partial charge is 0.191 e. The van der Waals surface area contributed by atoms with Crippen molar-refractivity contribution in [3.8, 4) is 0 Å². The Morgan fingerprint density at radius 3 is 2.77 bits per heavy atom. The summed E-state index contributed by atoms with van der Waals surface area (Å²) >= 11 is 1.76. The van der Waals surface area contributed by atoms with Crippen molar-refractivity contribution < 1.29 is 0 Å². The van der Waals surface area contributed by atoms with Gasteiger partial charge in [-0.3, -0.25) is 0 Å². The third-order valence-corrected chi connectivity index (χ3v) is 5.10. The van der Waals surface area contributed by atoms with E-state index in [1.165, 1.54) is 16.0 Å². The zero-order chi connectivity index (χ0) is 17.6. The van der Waals surface area contributed by atoms with E-state index >= 15 is 0 Å². The Morgan fingerprint density at radius 2 is 2.08 bits per heavy atom. The molecule has 0 bridgehead atoms. The molecule has 0 unspecified atom stereocenters. The van der Waals surface area contributed by atoms with Crippen molar-refractivity contribution in [2.75, 3.05) is 13.1 Å². The standard InChI is InChI=1S/C19H25N5S.HI/c1-4-20-19(22-12-17-14(2)8-11-25-17)21-9-7-16-13-24-10-5-6-15(3)18(24)23-16;/h5-6,8,10-11,13H,4,7,9,12H2,1-3H3,(H2,20,21,22);1H. The monoisotopic (exact) mass is 483 g/mol. The van der Waals surface area contributed by atoms with Gasteiger partial charge in [-0.1, -0.05) is 6.07 Å². The lowest BCUT2D eigenvalue weighted by atomic mass is 10.3. The van der Waals surface area contributed by atoms with E-state index in [0.29, 0.717) is 6.54 Å². The van der Waals surface area contributed by atoms with E-state index in [2.05, 4.69) is 70.6 Å². The largest absolute Gasteiger partial charge is 0.357 e. The number of aromatic nitrogens is 2. The van der Waals surface area contributed by atoms with E-state index < -0.39 is 0 Å². The number of halogens is 1. The fraction of sp³-hybridized carbons (Fsp3) is 0.368. The van der Waals surface area contributed by atoms with Crippen molar-refractivity contribution in [2.24, 2.45) is 4.99 Å². The summed E-state index contributed by atoms with van der Waals surface area (Å²) < 4.78 is 2.09. The van der Waals surface area contributed by atoms with Gasteiger partial charge in [0, 0.05) is 36.8 Å². The molecule has 3 heterocycles. The number of pyridine rings is 1. The molecule has 5 nitrogen and oxygen atoms in total. The van der Waals surface area contributed by atoms with Crippen molar-refractivity contribution in [1.82, 2.24) is 20.0 Å². The summed E-state index contributed by atoms with van der Waals surface area (Å²) in [6, 6.07) is 6.28. The minimum Gasteiger partial charge on any atom is -0.357 e. The van der Waals surface area contributed by atoms with Gasteiger partial charge in [0.25, 0.3) is 0 Å². The topological polar surface area (TPSA) is 53.7 Å². The Balaban J connectivity index is 0.00000243. The highest BCUT2D eigenvalue weighted by Crippen LogP contribution is 2.16. The Hall–Kier alpha value is -1.61. The van der Waals surface area contributed by atoms with Gasteiger partial charge in [-0.15, -0.1) is 35.3 Å². The molecule has 0 spiro atoms. The maximum absolute atomic E-state index is 4.72. The maximum atomic E-state index is 4.72. The maximum Gasteiger partial charge on any atom is 0.191 e. The second-order valence-corrected chi connectivity index (χ2v) is 7.05. The summed E-state index contributed by atoms with van der Waals surface area (Å²) in [4.78, 5) is 10.7. The van der Waals surface area contributed by atoms with Crippen LogP contribution in [0.5, 0.6) is 0 Å². The molecule has 3 rings (SSSR count). The van der Waals surface area contributed by atoms with Gasteiger partial charge in [0.15, 0.2) is 5.96 Å². The molecule has 0 aliphatic rings. The van der Waals surface area contributed by atoms with E-state index in [-0.39, 0.29) is 24.0 Å². The predicted octanol–water partition coefficient (Wildman–Crippen LogP) is 3.93. The van der Waals surface area contributed by atoms with Gasteiger partial charge < -0.3 is 15.0 Å². The first-order valence-electron chi connectivity index (χ1n) is 8.65. The molecule has 0 amide bonds. The van der Waals surface area contributed by atoms with Crippen LogP contribution in [-0.2, 0) is 13.0 Å². The van der Waals surface area contributed by atoms with Gasteiger partial charge in [-0.05, 0) is 49.4 Å². The lowest BCUT2D eigenvalue weighted by Gasteiger charge is -2.10. The third kappa shape index (κ3) is 5.20. The van der Waals surface area contributed by atoms with Crippen molar-refractivity contribution in [1.29, 1.82) is 0 Å². The molecule has 0 aromatic carbocycles. The van der Waals surface area contributed by atoms with E-state index in [0.717, 1.165) is 36.8 Å². The Morgan fingerprint density at radius 1 is 1.23 bits per heavy atom. The van der Waals surface area contributed by atoms with Crippen LogP contribution in [0.4, 0.5) is 0 Å². The van der Waals surface area contributed by atoms with Crippen LogP contribution < -0.4 is 10.6 Å². The zero-order valence-electron chi connectivity index (χ0n) is 15.5. The molecule has 0 fully saturated rings. The van der Waals surface area contributed by atoms with Gasteiger partial charge in [-0.2, -0.15) is 0 Å². The number of hydrogen-bond donors (Lipinski definition) is 2. The number of aliphatic imine (C=N–C) groups is 1. The Labute approximate surface area is 176 Å². The highest BCUT2D eigenvalue weighted by Gasteiger charge is 2.05. The van der Waals surface area contributed by atoms with Gasteiger partial charge in [-0.25, -0.2) is 9.98 Å². The Kier molecular flexibility index (Phi) is 7.89.